The third-order valence-electron chi connectivity index (χ3n) is 2.89. The number of rotatable bonds is 3. The molecular weight excluding hydrogens is 358 g/mol. The molecule has 0 aliphatic carbocycles. The van der Waals surface area contributed by atoms with Gasteiger partial charge in [0.15, 0.2) is 0 Å². The van der Waals surface area contributed by atoms with E-state index in [1.54, 1.807) is 0 Å². The zero-order valence-electron chi connectivity index (χ0n) is 10.4. The smallest absolute Gasteiger partial charge is 0.116 e. The van der Waals surface area contributed by atoms with E-state index in [1.807, 2.05) is 34.5 Å². The van der Waals surface area contributed by atoms with Crippen LogP contribution in [0.3, 0.4) is 0 Å². The lowest BCUT2D eigenvalue weighted by Crippen LogP contribution is -2.00. The summed E-state index contributed by atoms with van der Waals surface area (Å²) >= 11 is 10.9. The highest BCUT2D eigenvalue weighted by Gasteiger charge is 2.10. The van der Waals surface area contributed by atoms with Crippen LogP contribution in [0.2, 0.25) is 4.34 Å². The van der Waals surface area contributed by atoms with Crippen molar-refractivity contribution in [3.63, 3.8) is 0 Å². The summed E-state index contributed by atoms with van der Waals surface area (Å²) in [5.74, 6) is 0. The predicted molar refractivity (Wildman–Crippen MR) is 88.2 cm³/mol. The molecule has 3 aromatic rings. The van der Waals surface area contributed by atoms with Crippen molar-refractivity contribution < 1.29 is 0 Å². The van der Waals surface area contributed by atoms with Crippen LogP contribution in [0.25, 0.3) is 11.3 Å². The molecule has 0 bridgehead atoms. The number of nitrogen functional groups attached to an aromatic ring is 1. The molecule has 0 saturated heterocycles. The quantitative estimate of drug-likeness (QED) is 0.731. The molecule has 0 fully saturated rings. The highest BCUT2D eigenvalue weighted by atomic mass is 79.9. The van der Waals surface area contributed by atoms with Gasteiger partial charge in [-0.2, -0.15) is 5.10 Å². The lowest BCUT2D eigenvalue weighted by Gasteiger charge is -2.01. The molecule has 3 rings (SSSR count). The maximum Gasteiger partial charge on any atom is 0.116 e. The Hall–Kier alpha value is -1.30. The van der Waals surface area contributed by atoms with E-state index in [-0.39, 0.29) is 0 Å². The zero-order chi connectivity index (χ0) is 14.1. The molecule has 0 amide bonds. The average Bonchev–Trinajstić information content (AvgIpc) is 2.98. The summed E-state index contributed by atoms with van der Waals surface area (Å²) < 4.78 is 3.65. The molecule has 0 aliphatic heterocycles. The van der Waals surface area contributed by atoms with Gasteiger partial charge in [0.2, 0.25) is 0 Å². The van der Waals surface area contributed by atoms with E-state index in [2.05, 4.69) is 33.2 Å². The molecule has 0 atom stereocenters. The Morgan fingerprint density at radius 3 is 2.70 bits per heavy atom. The SMILES string of the molecule is Nc1cn(Cc2ccc(Br)cc2)nc1-c1csc(Cl)c1. The van der Waals surface area contributed by atoms with Gasteiger partial charge in [-0.1, -0.05) is 39.7 Å². The number of thiophene rings is 1. The molecule has 0 radical (unpaired) electrons. The lowest BCUT2D eigenvalue weighted by molar-refractivity contribution is 0.689. The van der Waals surface area contributed by atoms with E-state index in [9.17, 15) is 0 Å². The second kappa shape index (κ2) is 5.60. The molecule has 0 aliphatic rings. The Balaban J connectivity index is 1.87. The number of benzene rings is 1. The van der Waals surface area contributed by atoms with Crippen LogP contribution in [0, 0.1) is 0 Å². The summed E-state index contributed by atoms with van der Waals surface area (Å²) in [6.07, 6.45) is 1.85. The third-order valence-corrected chi connectivity index (χ3v) is 4.51. The van der Waals surface area contributed by atoms with Crippen LogP contribution in [0.4, 0.5) is 5.69 Å². The Bertz CT molecular complexity index is 733. The second-order valence-electron chi connectivity index (χ2n) is 4.40. The zero-order valence-corrected chi connectivity index (χ0v) is 13.5. The minimum Gasteiger partial charge on any atom is -0.396 e. The summed E-state index contributed by atoms with van der Waals surface area (Å²) in [7, 11) is 0. The average molecular weight is 369 g/mol. The van der Waals surface area contributed by atoms with Gasteiger partial charge >= 0.3 is 0 Å². The molecule has 0 saturated carbocycles. The number of hydrogen-bond acceptors (Lipinski definition) is 3. The van der Waals surface area contributed by atoms with Gasteiger partial charge in [-0.25, -0.2) is 0 Å². The van der Waals surface area contributed by atoms with E-state index in [0.717, 1.165) is 20.1 Å². The minimum atomic E-state index is 0.663. The maximum absolute atomic E-state index is 6.03. The highest BCUT2D eigenvalue weighted by molar-refractivity contribution is 9.10. The van der Waals surface area contributed by atoms with Crippen molar-refractivity contribution in [1.82, 2.24) is 9.78 Å². The highest BCUT2D eigenvalue weighted by Crippen LogP contribution is 2.31. The lowest BCUT2D eigenvalue weighted by atomic mass is 10.2. The van der Waals surface area contributed by atoms with Crippen molar-refractivity contribution in [1.29, 1.82) is 0 Å². The molecule has 2 N–H and O–H groups in total. The van der Waals surface area contributed by atoms with Gasteiger partial charge < -0.3 is 5.73 Å². The molecule has 0 unspecified atom stereocenters. The predicted octanol–water partition coefficient (Wildman–Crippen LogP) is 4.66. The Morgan fingerprint density at radius 2 is 2.05 bits per heavy atom. The molecule has 3 nitrogen and oxygen atoms in total. The fourth-order valence-corrected chi connectivity index (χ4v) is 3.08. The van der Waals surface area contributed by atoms with E-state index >= 15 is 0 Å². The molecule has 6 heteroatoms. The first-order valence-electron chi connectivity index (χ1n) is 5.93. The summed E-state index contributed by atoms with van der Waals surface area (Å²) in [6, 6.07) is 10.0. The van der Waals surface area contributed by atoms with E-state index in [1.165, 1.54) is 16.9 Å². The summed E-state index contributed by atoms with van der Waals surface area (Å²) in [6.45, 7) is 0.690. The van der Waals surface area contributed by atoms with Crippen LogP contribution in [0.1, 0.15) is 5.56 Å². The number of hydrogen-bond donors (Lipinski definition) is 1. The Labute approximate surface area is 134 Å². The van der Waals surface area contributed by atoms with Gasteiger partial charge in [0.1, 0.15) is 5.69 Å². The van der Waals surface area contributed by atoms with Crippen LogP contribution in [0.15, 0.2) is 46.4 Å². The van der Waals surface area contributed by atoms with E-state index in [4.69, 9.17) is 17.3 Å². The molecular formula is C14H11BrClN3S. The second-order valence-corrected chi connectivity index (χ2v) is 6.85. The number of nitrogens with zero attached hydrogens (tertiary/aromatic N) is 2. The monoisotopic (exact) mass is 367 g/mol. The van der Waals surface area contributed by atoms with Gasteiger partial charge in [-0.3, -0.25) is 4.68 Å². The first-order valence-corrected chi connectivity index (χ1v) is 7.98. The summed E-state index contributed by atoms with van der Waals surface area (Å²) in [4.78, 5) is 0. The molecule has 20 heavy (non-hydrogen) atoms. The van der Waals surface area contributed by atoms with Gasteiger partial charge in [0.25, 0.3) is 0 Å². The van der Waals surface area contributed by atoms with Crippen molar-refractivity contribution in [2.75, 3.05) is 5.73 Å². The van der Waals surface area contributed by atoms with Crippen molar-refractivity contribution in [2.45, 2.75) is 6.54 Å². The molecule has 102 valence electrons. The fourth-order valence-electron chi connectivity index (χ4n) is 1.95. The molecule has 0 spiro atoms. The Kier molecular flexibility index (Phi) is 3.83. The van der Waals surface area contributed by atoms with Crippen LogP contribution in [-0.4, -0.2) is 9.78 Å². The van der Waals surface area contributed by atoms with Crippen LogP contribution >= 0.6 is 38.9 Å². The van der Waals surface area contributed by atoms with Crippen LogP contribution in [0.5, 0.6) is 0 Å². The van der Waals surface area contributed by atoms with Crippen molar-refractivity contribution in [3.8, 4) is 11.3 Å². The van der Waals surface area contributed by atoms with Gasteiger partial charge in [0, 0.05) is 21.6 Å². The minimum absolute atomic E-state index is 0.663. The normalized spacial score (nSPS) is 10.9. The fraction of sp³-hybridized carbons (Fsp3) is 0.0714. The number of aromatic nitrogens is 2. The largest absolute Gasteiger partial charge is 0.396 e. The van der Waals surface area contributed by atoms with E-state index in [0.29, 0.717) is 12.2 Å². The van der Waals surface area contributed by atoms with Crippen molar-refractivity contribution >= 4 is 44.6 Å². The first kappa shape index (κ1) is 13.7. The first-order chi connectivity index (χ1) is 9.61. The summed E-state index contributed by atoms with van der Waals surface area (Å²) in [5.41, 5.74) is 9.61. The molecule has 1 aromatic carbocycles. The standard InChI is InChI=1S/C14H11BrClN3S/c15-11-3-1-9(2-4-11)6-19-7-12(17)14(18-19)10-5-13(16)20-8-10/h1-5,7-8H,6,17H2. The Morgan fingerprint density at radius 1 is 1.30 bits per heavy atom. The number of halogens is 2. The van der Waals surface area contributed by atoms with Crippen molar-refractivity contribution in [3.05, 3.63) is 56.3 Å². The van der Waals surface area contributed by atoms with Gasteiger partial charge in [-0.15, -0.1) is 11.3 Å². The molecule has 2 heterocycles. The topological polar surface area (TPSA) is 43.8 Å². The third kappa shape index (κ3) is 2.90. The van der Waals surface area contributed by atoms with Gasteiger partial charge in [-0.05, 0) is 23.8 Å². The number of nitrogens with two attached hydrogens (primary N) is 1. The van der Waals surface area contributed by atoms with Crippen LogP contribution in [-0.2, 0) is 6.54 Å². The van der Waals surface area contributed by atoms with Crippen molar-refractivity contribution in [2.24, 2.45) is 0 Å². The number of anilines is 1. The van der Waals surface area contributed by atoms with Gasteiger partial charge in [0.05, 0.1) is 16.6 Å². The van der Waals surface area contributed by atoms with E-state index < -0.39 is 0 Å². The maximum atomic E-state index is 6.03. The van der Waals surface area contributed by atoms with Crippen LogP contribution < -0.4 is 5.73 Å². The molecule has 2 aromatic heterocycles. The summed E-state index contributed by atoms with van der Waals surface area (Å²) in [5, 5.41) is 6.50.